The van der Waals surface area contributed by atoms with Gasteiger partial charge in [-0.05, 0) is 24.3 Å². The van der Waals surface area contributed by atoms with E-state index >= 15 is 0 Å². The molecule has 1 aliphatic rings. The second-order valence-corrected chi connectivity index (χ2v) is 5.80. The van der Waals surface area contributed by atoms with E-state index in [0.29, 0.717) is 24.7 Å². The van der Waals surface area contributed by atoms with Crippen molar-refractivity contribution < 1.29 is 14.0 Å². The Morgan fingerprint density at radius 2 is 2.21 bits per heavy atom. The number of nitrogens with zero attached hydrogens (tertiary/aromatic N) is 2. The third kappa shape index (κ3) is 2.54. The van der Waals surface area contributed by atoms with Crippen LogP contribution in [0.5, 0.6) is 0 Å². The molecule has 1 aromatic carbocycles. The Kier molecular flexibility index (Phi) is 3.53. The van der Waals surface area contributed by atoms with Crippen LogP contribution in [-0.4, -0.2) is 28.6 Å². The van der Waals surface area contributed by atoms with E-state index in [9.17, 15) is 9.59 Å². The maximum absolute atomic E-state index is 12.3. The van der Waals surface area contributed by atoms with Crippen LogP contribution in [0.15, 0.2) is 47.1 Å². The van der Waals surface area contributed by atoms with E-state index in [4.69, 9.17) is 4.42 Å². The van der Waals surface area contributed by atoms with E-state index in [1.807, 2.05) is 24.3 Å². The lowest BCUT2D eigenvalue weighted by Gasteiger charge is -2.14. The molecule has 1 atom stereocenters. The Hall–Kier alpha value is -3.09. The van der Waals surface area contributed by atoms with Gasteiger partial charge in [0.05, 0.1) is 24.2 Å². The molecule has 2 aromatic heterocycles. The van der Waals surface area contributed by atoms with E-state index in [-0.39, 0.29) is 24.2 Å². The summed E-state index contributed by atoms with van der Waals surface area (Å²) in [6.45, 7) is 0.652. The Bertz CT molecular complexity index is 884. The first-order valence-electron chi connectivity index (χ1n) is 7.76. The van der Waals surface area contributed by atoms with Crippen LogP contribution in [0.1, 0.15) is 12.2 Å². The predicted octanol–water partition coefficient (Wildman–Crippen LogP) is 1.83. The minimum atomic E-state index is -0.386. The van der Waals surface area contributed by atoms with E-state index in [2.05, 4.69) is 15.5 Å². The molecule has 0 radical (unpaired) electrons. The van der Waals surface area contributed by atoms with Gasteiger partial charge in [-0.15, -0.1) is 0 Å². The van der Waals surface area contributed by atoms with Gasteiger partial charge in [0.25, 0.3) is 0 Å². The number of rotatable bonds is 4. The molecule has 1 fully saturated rings. The lowest BCUT2D eigenvalue weighted by Crippen LogP contribution is -2.32. The quantitative estimate of drug-likeness (QED) is 0.766. The number of carbonyl (C=O) groups is 2. The molecule has 1 aliphatic heterocycles. The highest BCUT2D eigenvalue weighted by Gasteiger charge is 2.36. The molecule has 3 aromatic rings. The number of hydrogen-bond acceptors (Lipinski definition) is 4. The maximum Gasteiger partial charge on any atom is 0.229 e. The van der Waals surface area contributed by atoms with Gasteiger partial charge in [0.1, 0.15) is 5.76 Å². The number of fused-ring (bicyclic) bond motifs is 1. The second kappa shape index (κ2) is 5.84. The van der Waals surface area contributed by atoms with Crippen molar-refractivity contribution in [2.75, 3.05) is 11.4 Å². The van der Waals surface area contributed by atoms with Gasteiger partial charge in [0.2, 0.25) is 11.8 Å². The number of hydrogen-bond donors (Lipinski definition) is 2. The van der Waals surface area contributed by atoms with Crippen molar-refractivity contribution in [3.63, 3.8) is 0 Å². The molecule has 3 heterocycles. The Morgan fingerprint density at radius 1 is 1.33 bits per heavy atom. The summed E-state index contributed by atoms with van der Waals surface area (Å²) < 4.78 is 5.19. The average molecular weight is 324 g/mol. The number of benzene rings is 1. The Labute approximate surface area is 137 Å². The van der Waals surface area contributed by atoms with Crippen molar-refractivity contribution in [1.82, 2.24) is 15.5 Å². The largest absolute Gasteiger partial charge is 0.467 e. The van der Waals surface area contributed by atoms with Gasteiger partial charge in [-0.25, -0.2) is 0 Å². The fourth-order valence-corrected chi connectivity index (χ4v) is 2.97. The zero-order valence-corrected chi connectivity index (χ0v) is 12.9. The number of furan rings is 1. The topological polar surface area (TPSA) is 91.2 Å². The first-order valence-corrected chi connectivity index (χ1v) is 7.76. The van der Waals surface area contributed by atoms with Crippen LogP contribution in [-0.2, 0) is 16.1 Å². The number of nitrogens with one attached hydrogen (secondary N) is 2. The minimum absolute atomic E-state index is 0.0922. The van der Waals surface area contributed by atoms with Crippen LogP contribution >= 0.6 is 0 Å². The zero-order valence-electron chi connectivity index (χ0n) is 12.9. The molecule has 7 heteroatoms. The maximum atomic E-state index is 12.3. The predicted molar refractivity (Wildman–Crippen MR) is 87.1 cm³/mol. The van der Waals surface area contributed by atoms with Crippen LogP contribution in [0.2, 0.25) is 0 Å². The molecule has 2 amide bonds. The van der Waals surface area contributed by atoms with E-state index in [1.54, 1.807) is 23.3 Å². The lowest BCUT2D eigenvalue weighted by atomic mass is 10.1. The summed E-state index contributed by atoms with van der Waals surface area (Å²) in [5.74, 6) is 0.634. The lowest BCUT2D eigenvalue weighted by molar-refractivity contribution is -0.126. The van der Waals surface area contributed by atoms with Gasteiger partial charge >= 0.3 is 0 Å². The molecule has 122 valence electrons. The van der Waals surface area contributed by atoms with Gasteiger partial charge < -0.3 is 9.73 Å². The van der Waals surface area contributed by atoms with Crippen LogP contribution in [0.3, 0.4) is 0 Å². The summed E-state index contributed by atoms with van der Waals surface area (Å²) in [4.78, 5) is 26.2. The SMILES string of the molecule is O=C(NCc1ccco1)[C@H]1CC(=O)N(c2n[nH]c3ccccc23)C1. The van der Waals surface area contributed by atoms with Gasteiger partial charge in [-0.2, -0.15) is 5.10 Å². The fourth-order valence-electron chi connectivity index (χ4n) is 2.97. The number of H-pyrrole nitrogens is 1. The first-order chi connectivity index (χ1) is 11.7. The summed E-state index contributed by atoms with van der Waals surface area (Å²) in [5.41, 5.74) is 0.867. The number of amides is 2. The molecule has 0 bridgehead atoms. The van der Waals surface area contributed by atoms with Crippen LogP contribution in [0.25, 0.3) is 10.9 Å². The van der Waals surface area contributed by atoms with Crippen LogP contribution in [0, 0.1) is 5.92 Å². The normalized spacial score (nSPS) is 17.6. The van der Waals surface area contributed by atoms with Crippen molar-refractivity contribution in [3.8, 4) is 0 Å². The number of aromatic amines is 1. The van der Waals surface area contributed by atoms with Crippen molar-refractivity contribution in [2.24, 2.45) is 5.92 Å². The van der Waals surface area contributed by atoms with Crippen molar-refractivity contribution >= 4 is 28.5 Å². The minimum Gasteiger partial charge on any atom is -0.467 e. The van der Waals surface area contributed by atoms with Crippen LogP contribution in [0.4, 0.5) is 5.82 Å². The number of carbonyl (C=O) groups excluding carboxylic acids is 2. The summed E-state index contributed by atoms with van der Waals surface area (Å²) in [6, 6.07) is 11.2. The summed E-state index contributed by atoms with van der Waals surface area (Å²) in [6.07, 6.45) is 1.75. The molecule has 1 saturated heterocycles. The highest BCUT2D eigenvalue weighted by molar-refractivity contribution is 6.05. The Morgan fingerprint density at radius 3 is 3.04 bits per heavy atom. The smallest absolute Gasteiger partial charge is 0.229 e. The number of para-hydroxylation sites is 1. The fraction of sp³-hybridized carbons (Fsp3) is 0.235. The van der Waals surface area contributed by atoms with Crippen molar-refractivity contribution in [3.05, 3.63) is 48.4 Å². The molecule has 0 unspecified atom stereocenters. The van der Waals surface area contributed by atoms with Gasteiger partial charge in [-0.3, -0.25) is 19.6 Å². The molecular formula is C17H16N4O3. The highest BCUT2D eigenvalue weighted by Crippen LogP contribution is 2.29. The van der Waals surface area contributed by atoms with E-state index in [0.717, 1.165) is 10.9 Å². The highest BCUT2D eigenvalue weighted by atomic mass is 16.3. The second-order valence-electron chi connectivity index (χ2n) is 5.80. The van der Waals surface area contributed by atoms with E-state index < -0.39 is 0 Å². The zero-order chi connectivity index (χ0) is 16.5. The van der Waals surface area contributed by atoms with Crippen molar-refractivity contribution in [1.29, 1.82) is 0 Å². The molecule has 0 saturated carbocycles. The van der Waals surface area contributed by atoms with Gasteiger partial charge in [0.15, 0.2) is 5.82 Å². The molecule has 2 N–H and O–H groups in total. The standard InChI is InChI=1S/C17H16N4O3/c22-15-8-11(17(23)18-9-12-4-3-7-24-12)10-21(15)16-13-5-1-2-6-14(13)19-20-16/h1-7,11H,8-10H2,(H,18,23)(H,19,20)/t11-/m0/s1. The van der Waals surface area contributed by atoms with Gasteiger partial charge in [-0.1, -0.05) is 12.1 Å². The summed E-state index contributed by atoms with van der Waals surface area (Å²) in [7, 11) is 0. The summed E-state index contributed by atoms with van der Waals surface area (Å²) in [5, 5.41) is 10.8. The van der Waals surface area contributed by atoms with Crippen molar-refractivity contribution in [2.45, 2.75) is 13.0 Å². The monoisotopic (exact) mass is 324 g/mol. The summed E-state index contributed by atoms with van der Waals surface area (Å²) >= 11 is 0. The number of anilines is 1. The van der Waals surface area contributed by atoms with Crippen LogP contribution < -0.4 is 10.2 Å². The molecule has 0 aliphatic carbocycles. The third-order valence-corrected chi connectivity index (χ3v) is 4.22. The Balaban J connectivity index is 1.47. The van der Waals surface area contributed by atoms with E-state index in [1.165, 1.54) is 0 Å². The average Bonchev–Trinajstić information content (AvgIpc) is 3.32. The number of aromatic nitrogens is 2. The third-order valence-electron chi connectivity index (χ3n) is 4.22. The first kappa shape index (κ1) is 14.5. The molecule has 4 rings (SSSR count). The molecular weight excluding hydrogens is 308 g/mol. The molecule has 7 nitrogen and oxygen atoms in total. The van der Waals surface area contributed by atoms with Gasteiger partial charge in [0, 0.05) is 18.4 Å². The molecule has 0 spiro atoms. The molecule has 24 heavy (non-hydrogen) atoms.